The summed E-state index contributed by atoms with van der Waals surface area (Å²) in [5, 5.41) is 24.1. The molecule has 3 unspecified atom stereocenters. The second-order valence-corrected chi connectivity index (χ2v) is 13.0. The molecule has 4 saturated heterocycles. The molecule has 4 aliphatic heterocycles. The normalized spacial score (nSPS) is 26.8. The Morgan fingerprint density at radius 3 is 2.68 bits per heavy atom. The van der Waals surface area contributed by atoms with Gasteiger partial charge >= 0.3 is 17.9 Å². The number of likely N-dealkylation sites (tertiary alicyclic amines) is 2. The van der Waals surface area contributed by atoms with Crippen molar-refractivity contribution in [3.63, 3.8) is 0 Å². The zero-order valence-electron chi connectivity index (χ0n) is 24.6. The topological polar surface area (TPSA) is 264 Å². The molecule has 5 atom stereocenters. The average molecular weight is 693 g/mol. The van der Waals surface area contributed by atoms with E-state index in [-0.39, 0.29) is 53.3 Å². The Morgan fingerprint density at radius 2 is 2.02 bits per heavy atom. The van der Waals surface area contributed by atoms with Gasteiger partial charge in [0.2, 0.25) is 23.4 Å². The van der Waals surface area contributed by atoms with Crippen LogP contribution in [-0.4, -0.2) is 119 Å². The van der Waals surface area contributed by atoms with Gasteiger partial charge in [-0.1, -0.05) is 11.2 Å². The summed E-state index contributed by atoms with van der Waals surface area (Å²) in [7, 11) is 0. The van der Waals surface area contributed by atoms with E-state index in [4.69, 9.17) is 19.3 Å². The number of thioether (sulfide) groups is 1. The number of amides is 4. The Balaban J connectivity index is 1.06. The van der Waals surface area contributed by atoms with E-state index >= 15 is 0 Å². The number of hydrogen-bond acceptors (Lipinski definition) is 16. The molecule has 0 radical (unpaired) electrons. The number of hydrogen-bond donors (Lipinski definition) is 4. The molecule has 47 heavy (non-hydrogen) atoms. The largest absolute Gasteiger partial charge is 0.519 e. The molecular weight excluding hydrogens is 664 g/mol. The number of carbonyl (C=O) groups is 5. The lowest BCUT2D eigenvalue weighted by Gasteiger charge is -2.53. The third kappa shape index (κ3) is 6.02. The Kier molecular flexibility index (Phi) is 8.66. The van der Waals surface area contributed by atoms with Gasteiger partial charge in [0.25, 0.3) is 5.91 Å². The molecule has 0 aromatic carbocycles. The lowest BCUT2D eigenvalue weighted by Crippen LogP contribution is -2.76. The van der Waals surface area contributed by atoms with Crippen molar-refractivity contribution >= 4 is 63.9 Å². The number of nitrogen functional groups attached to an aromatic ring is 1. The van der Waals surface area contributed by atoms with Crippen molar-refractivity contribution in [2.75, 3.05) is 31.1 Å². The second-order valence-electron chi connectivity index (χ2n) is 11.1. The van der Waals surface area contributed by atoms with Gasteiger partial charge in [0, 0.05) is 48.4 Å². The molecule has 0 spiro atoms. The lowest BCUT2D eigenvalue weighted by atomic mass is 9.91. The van der Waals surface area contributed by atoms with Gasteiger partial charge in [-0.3, -0.25) is 14.4 Å². The highest BCUT2D eigenvalue weighted by Crippen LogP contribution is 2.42. The maximum Gasteiger partial charge on any atom is 0.519 e. The van der Waals surface area contributed by atoms with Crippen molar-refractivity contribution in [1.29, 1.82) is 0 Å². The number of ether oxygens (including phenoxy) is 1. The number of β-lactam (4-membered cyclic amide) rings is 1. The summed E-state index contributed by atoms with van der Waals surface area (Å²) >= 11 is 2.04. The summed E-state index contributed by atoms with van der Waals surface area (Å²) in [6, 6.07) is -2.64. The van der Waals surface area contributed by atoms with E-state index in [1.165, 1.54) is 28.5 Å². The van der Waals surface area contributed by atoms with Gasteiger partial charge in [-0.2, -0.15) is 9.36 Å². The fourth-order valence-corrected chi connectivity index (χ4v) is 7.96. The SMILES string of the molecule is Cc1oc(=O)oc1COC(=O)N1CC[C@@H](N2CC/C(=C\C3CS[C@@H]4C(NC(=O)/C(=N\O)c5nsc(N)n5)C(=O)N4C3C(=O)O)C2=O)C1. The van der Waals surface area contributed by atoms with E-state index in [0.29, 0.717) is 31.5 Å². The maximum atomic E-state index is 13.4. The van der Waals surface area contributed by atoms with E-state index in [0.717, 1.165) is 11.5 Å². The van der Waals surface area contributed by atoms with Crippen molar-refractivity contribution in [3.05, 3.63) is 39.6 Å². The van der Waals surface area contributed by atoms with E-state index in [2.05, 4.69) is 19.8 Å². The minimum absolute atomic E-state index is 0.0385. The van der Waals surface area contributed by atoms with Crippen LogP contribution in [0.5, 0.6) is 0 Å². The van der Waals surface area contributed by atoms with Crippen LogP contribution in [0, 0.1) is 12.8 Å². The molecule has 2 aromatic heterocycles. The van der Waals surface area contributed by atoms with Crippen molar-refractivity contribution in [2.45, 2.75) is 49.9 Å². The molecule has 4 amide bonds. The highest BCUT2D eigenvalue weighted by molar-refractivity contribution is 8.00. The predicted molar refractivity (Wildman–Crippen MR) is 159 cm³/mol. The number of aromatic nitrogens is 2. The van der Waals surface area contributed by atoms with Crippen LogP contribution in [-0.2, 0) is 30.5 Å². The van der Waals surface area contributed by atoms with Gasteiger partial charge in [-0.25, -0.2) is 14.4 Å². The van der Waals surface area contributed by atoms with Gasteiger partial charge in [-0.05, 0) is 19.8 Å². The molecule has 4 fully saturated rings. The van der Waals surface area contributed by atoms with Crippen LogP contribution in [0.2, 0.25) is 0 Å². The molecule has 0 aliphatic carbocycles. The fraction of sp³-hybridized carbons (Fsp3) is 0.500. The van der Waals surface area contributed by atoms with Crippen LogP contribution < -0.4 is 16.9 Å². The standard InChI is InChI=1S/C26H28N8O11S2/c1-10-14(45-26(41)44-10)8-43-25(40)32-4-3-13(7-32)33-5-2-11(20(33)36)6-12-9-46-22-16(21(37)34(22)17(12)23(38)39)28-19(35)15(30-42)18-29-24(27)47-31-18/h6,12-13,16-17,22,42H,2-5,7-9H2,1H3,(H,28,35)(H,38,39)(H2,27,29,31)/b11-6+,30-15-/t12?,13-,16?,17?,22-/m1/s1. The molecule has 21 heteroatoms. The highest BCUT2D eigenvalue weighted by atomic mass is 32.2. The number of nitrogens with two attached hydrogens (primary N) is 1. The van der Waals surface area contributed by atoms with E-state index in [1.54, 1.807) is 11.0 Å². The first kappa shape index (κ1) is 32.0. The van der Waals surface area contributed by atoms with Crippen LogP contribution in [0.3, 0.4) is 0 Å². The maximum absolute atomic E-state index is 13.4. The molecule has 4 aliphatic rings. The minimum atomic E-state index is -1.28. The van der Waals surface area contributed by atoms with Crippen LogP contribution >= 0.6 is 23.3 Å². The fourth-order valence-electron chi connectivity index (χ4n) is 6.05. The molecule has 250 valence electrons. The second kappa shape index (κ2) is 12.7. The number of aliphatic carboxylic acids is 1. The number of rotatable bonds is 8. The number of carboxylic acids is 1. The first-order valence-electron chi connectivity index (χ1n) is 14.3. The third-order valence-corrected chi connectivity index (χ3v) is 10.3. The zero-order valence-corrected chi connectivity index (χ0v) is 26.2. The van der Waals surface area contributed by atoms with Gasteiger partial charge in [0.05, 0.1) is 6.04 Å². The minimum Gasteiger partial charge on any atom is -0.480 e. The number of nitrogens with zero attached hydrogens (tertiary/aromatic N) is 6. The van der Waals surface area contributed by atoms with Gasteiger partial charge in [-0.15, -0.1) is 11.8 Å². The quantitative estimate of drug-likeness (QED) is 0.0867. The lowest BCUT2D eigenvalue weighted by molar-refractivity contribution is -0.163. The summed E-state index contributed by atoms with van der Waals surface area (Å²) in [5.41, 5.74) is 5.40. The Labute approximate surface area is 272 Å². The summed E-state index contributed by atoms with van der Waals surface area (Å²) in [6.07, 6.45) is 1.85. The molecule has 0 saturated carbocycles. The third-order valence-electron chi connectivity index (χ3n) is 8.35. The molecule has 6 rings (SSSR count). The van der Waals surface area contributed by atoms with Crippen molar-refractivity contribution < 1.29 is 47.9 Å². The van der Waals surface area contributed by atoms with Gasteiger partial charge < -0.3 is 49.6 Å². The number of oxime groups is 1. The van der Waals surface area contributed by atoms with E-state index in [1.807, 2.05) is 0 Å². The number of aryl methyl sites for hydroxylation is 1. The Morgan fingerprint density at radius 1 is 1.23 bits per heavy atom. The monoisotopic (exact) mass is 692 g/mol. The van der Waals surface area contributed by atoms with Gasteiger partial charge in [0.15, 0.2) is 23.3 Å². The molecule has 5 N–H and O–H groups in total. The van der Waals surface area contributed by atoms with Crippen LogP contribution in [0.25, 0.3) is 0 Å². The Bertz CT molecular complexity index is 1750. The van der Waals surface area contributed by atoms with Gasteiger partial charge in [0.1, 0.15) is 17.5 Å². The molecule has 2 aromatic rings. The first-order chi connectivity index (χ1) is 22.5. The molecular formula is C26H28N8O11S2. The highest BCUT2D eigenvalue weighted by Gasteiger charge is 2.58. The summed E-state index contributed by atoms with van der Waals surface area (Å²) in [6.45, 7) is 2.19. The van der Waals surface area contributed by atoms with Crippen LogP contribution in [0.15, 0.2) is 30.4 Å². The zero-order chi connectivity index (χ0) is 33.6. The number of anilines is 1. The average Bonchev–Trinajstić information content (AvgIpc) is 3.83. The number of carbonyl (C=O) groups excluding carboxylic acids is 4. The van der Waals surface area contributed by atoms with Crippen molar-refractivity contribution in [2.24, 2.45) is 11.1 Å². The van der Waals surface area contributed by atoms with Crippen molar-refractivity contribution in [1.82, 2.24) is 29.4 Å². The molecule has 0 bridgehead atoms. The number of nitrogens with one attached hydrogen (secondary N) is 1. The Hall–Kier alpha value is -4.92. The number of fused-ring (bicyclic) bond motifs is 1. The van der Waals surface area contributed by atoms with Crippen LogP contribution in [0.1, 0.15) is 30.2 Å². The van der Waals surface area contributed by atoms with Crippen molar-refractivity contribution in [3.8, 4) is 0 Å². The van der Waals surface area contributed by atoms with E-state index in [9.17, 15) is 39.1 Å². The first-order valence-corrected chi connectivity index (χ1v) is 16.1. The molecule has 19 nitrogen and oxygen atoms in total. The summed E-state index contributed by atoms with van der Waals surface area (Å²) in [5.74, 6) is -4.34. The van der Waals surface area contributed by atoms with E-state index < -0.39 is 58.8 Å². The summed E-state index contributed by atoms with van der Waals surface area (Å²) in [4.78, 5) is 83.5. The number of carboxylic acid groups (broad SMARTS) is 1. The molecule has 6 heterocycles. The summed E-state index contributed by atoms with van der Waals surface area (Å²) < 4.78 is 18.7. The van der Waals surface area contributed by atoms with Crippen LogP contribution in [0.4, 0.5) is 9.93 Å². The predicted octanol–water partition coefficient (Wildman–Crippen LogP) is -0.808. The smallest absolute Gasteiger partial charge is 0.480 e.